The number of nitrogens with one attached hydrogen (secondary N) is 3. The number of para-hydroxylation sites is 2. The van der Waals surface area contributed by atoms with E-state index in [-0.39, 0.29) is 18.2 Å². The van der Waals surface area contributed by atoms with Crippen molar-refractivity contribution in [3.05, 3.63) is 30.1 Å². The van der Waals surface area contributed by atoms with Gasteiger partial charge >= 0.3 is 0 Å². The molecule has 0 radical (unpaired) electrons. The van der Waals surface area contributed by atoms with Gasteiger partial charge in [-0.15, -0.1) is 0 Å². The maximum atomic E-state index is 12.1. The Bertz CT molecular complexity index is 797. The molecule has 2 aromatic rings. The molecule has 134 valence electrons. The molecule has 0 aliphatic heterocycles. The summed E-state index contributed by atoms with van der Waals surface area (Å²) in [5, 5.41) is 2.56. The maximum absolute atomic E-state index is 12.1. The highest BCUT2D eigenvalue weighted by Crippen LogP contribution is 2.14. The smallest absolute Gasteiger partial charge is 0.261 e. The van der Waals surface area contributed by atoms with Crippen LogP contribution in [-0.4, -0.2) is 33.3 Å². The van der Waals surface area contributed by atoms with Crippen LogP contribution < -0.4 is 16.2 Å². The lowest BCUT2D eigenvalue weighted by Gasteiger charge is -2.20. The number of hydrogen-bond acceptors (Lipinski definition) is 4. The van der Waals surface area contributed by atoms with E-state index < -0.39 is 17.9 Å². The van der Waals surface area contributed by atoms with Crippen molar-refractivity contribution in [1.82, 2.24) is 25.7 Å². The van der Waals surface area contributed by atoms with Gasteiger partial charge in [-0.25, -0.2) is 4.98 Å². The summed E-state index contributed by atoms with van der Waals surface area (Å²) in [6.07, 6.45) is 0.0257. The second-order valence-electron chi connectivity index (χ2n) is 6.21. The van der Waals surface area contributed by atoms with Crippen molar-refractivity contribution in [3.8, 4) is 0 Å². The van der Waals surface area contributed by atoms with Crippen molar-refractivity contribution >= 4 is 28.8 Å². The number of benzene rings is 1. The molecule has 3 amide bonds. The Morgan fingerprint density at radius 3 is 2.44 bits per heavy atom. The zero-order valence-electron chi connectivity index (χ0n) is 14.8. The van der Waals surface area contributed by atoms with Crippen LogP contribution in [0.5, 0.6) is 0 Å². The van der Waals surface area contributed by atoms with Crippen LogP contribution in [0.2, 0.25) is 0 Å². The molecule has 2 rings (SSSR count). The molecule has 8 heteroatoms. The Labute approximate surface area is 146 Å². The molecule has 0 saturated heterocycles. The van der Waals surface area contributed by atoms with Crippen LogP contribution >= 0.6 is 0 Å². The summed E-state index contributed by atoms with van der Waals surface area (Å²) in [5.41, 5.74) is 6.46. The van der Waals surface area contributed by atoms with E-state index in [0.29, 0.717) is 5.82 Å². The highest BCUT2D eigenvalue weighted by molar-refractivity contribution is 5.89. The van der Waals surface area contributed by atoms with Gasteiger partial charge in [0.05, 0.1) is 17.5 Å². The van der Waals surface area contributed by atoms with Crippen LogP contribution in [0.15, 0.2) is 24.3 Å². The van der Waals surface area contributed by atoms with Gasteiger partial charge in [-0.2, -0.15) is 0 Å². The van der Waals surface area contributed by atoms with Crippen LogP contribution in [0.3, 0.4) is 0 Å². The Balaban J connectivity index is 1.96. The van der Waals surface area contributed by atoms with Crippen molar-refractivity contribution in [1.29, 1.82) is 0 Å². The molecule has 1 heterocycles. The van der Waals surface area contributed by atoms with E-state index in [1.807, 2.05) is 35.9 Å². The summed E-state index contributed by atoms with van der Waals surface area (Å²) in [5.74, 6) is -0.684. The van der Waals surface area contributed by atoms with Crippen molar-refractivity contribution in [3.63, 3.8) is 0 Å². The average molecular weight is 345 g/mol. The molecule has 8 nitrogen and oxygen atoms in total. The number of hydrazine groups is 1. The lowest BCUT2D eigenvalue weighted by atomic mass is 10.0. The minimum atomic E-state index is -0.714. The van der Waals surface area contributed by atoms with Crippen LogP contribution in [0, 0.1) is 5.92 Å². The molecule has 0 spiro atoms. The number of amides is 3. The Morgan fingerprint density at radius 2 is 1.84 bits per heavy atom. The van der Waals surface area contributed by atoms with E-state index in [0.717, 1.165) is 11.0 Å². The highest BCUT2D eigenvalue weighted by Gasteiger charge is 2.23. The van der Waals surface area contributed by atoms with E-state index in [4.69, 9.17) is 0 Å². The standard InChI is InChI=1S/C17H23N5O3/c1-10(2)16(18-11(3)23)17(25)21-20-15(24)9-14-19-12-7-5-6-8-13(12)22(14)4/h5-8,10,16H,9H2,1-4H3,(H,18,23)(H,20,24)(H,21,25). The number of aryl methyl sites for hydroxylation is 1. The Morgan fingerprint density at radius 1 is 1.16 bits per heavy atom. The van der Waals surface area contributed by atoms with E-state index in [1.165, 1.54) is 6.92 Å². The van der Waals surface area contributed by atoms with Gasteiger partial charge in [0.1, 0.15) is 11.9 Å². The minimum Gasteiger partial charge on any atom is -0.344 e. The molecule has 3 N–H and O–H groups in total. The summed E-state index contributed by atoms with van der Waals surface area (Å²) >= 11 is 0. The molecular formula is C17H23N5O3. The van der Waals surface area contributed by atoms with Gasteiger partial charge in [0.15, 0.2) is 0 Å². The first-order valence-corrected chi connectivity index (χ1v) is 8.05. The van der Waals surface area contributed by atoms with Crippen LogP contribution in [0.25, 0.3) is 11.0 Å². The second-order valence-corrected chi connectivity index (χ2v) is 6.21. The van der Waals surface area contributed by atoms with E-state index in [1.54, 1.807) is 13.8 Å². The third kappa shape index (κ3) is 4.56. The highest BCUT2D eigenvalue weighted by atomic mass is 16.2. The molecule has 1 atom stereocenters. The predicted octanol–water partition coefficient (Wildman–Crippen LogP) is 0.424. The fraction of sp³-hybridized carbons (Fsp3) is 0.412. The molecule has 0 saturated carbocycles. The van der Waals surface area contributed by atoms with Gasteiger partial charge in [0.2, 0.25) is 11.8 Å². The van der Waals surface area contributed by atoms with Crippen molar-refractivity contribution in [2.24, 2.45) is 13.0 Å². The van der Waals surface area contributed by atoms with Gasteiger partial charge in [-0.3, -0.25) is 25.2 Å². The monoisotopic (exact) mass is 345 g/mol. The molecular weight excluding hydrogens is 322 g/mol. The van der Waals surface area contributed by atoms with Crippen molar-refractivity contribution in [2.75, 3.05) is 0 Å². The first-order chi connectivity index (χ1) is 11.8. The molecule has 1 aromatic carbocycles. The van der Waals surface area contributed by atoms with E-state index in [9.17, 15) is 14.4 Å². The SMILES string of the molecule is CC(=O)NC(C(=O)NNC(=O)Cc1nc2ccccc2n1C)C(C)C. The fourth-order valence-electron chi connectivity index (χ4n) is 2.50. The maximum Gasteiger partial charge on any atom is 0.261 e. The zero-order chi connectivity index (χ0) is 18.6. The number of imidazole rings is 1. The molecule has 0 aliphatic carbocycles. The van der Waals surface area contributed by atoms with Gasteiger partial charge in [0.25, 0.3) is 5.91 Å². The number of carbonyl (C=O) groups is 3. The number of fused-ring (bicyclic) bond motifs is 1. The van der Waals surface area contributed by atoms with Crippen LogP contribution in [0.1, 0.15) is 26.6 Å². The fourth-order valence-corrected chi connectivity index (χ4v) is 2.50. The quantitative estimate of drug-likeness (QED) is 0.683. The zero-order valence-corrected chi connectivity index (χ0v) is 14.8. The molecule has 1 aromatic heterocycles. The number of aromatic nitrogens is 2. The summed E-state index contributed by atoms with van der Waals surface area (Å²) in [6.45, 7) is 4.95. The van der Waals surface area contributed by atoms with Crippen molar-refractivity contribution in [2.45, 2.75) is 33.2 Å². The number of hydrogen-bond donors (Lipinski definition) is 3. The van der Waals surface area contributed by atoms with Crippen molar-refractivity contribution < 1.29 is 14.4 Å². The average Bonchev–Trinajstić information content (AvgIpc) is 2.86. The first kappa shape index (κ1) is 18.4. The first-order valence-electron chi connectivity index (χ1n) is 8.05. The number of nitrogens with zero attached hydrogens (tertiary/aromatic N) is 2. The number of rotatable bonds is 5. The predicted molar refractivity (Wildman–Crippen MR) is 93.1 cm³/mol. The van der Waals surface area contributed by atoms with Gasteiger partial charge in [-0.05, 0) is 18.1 Å². The summed E-state index contributed by atoms with van der Waals surface area (Å²) < 4.78 is 1.84. The van der Waals surface area contributed by atoms with Gasteiger partial charge in [0, 0.05) is 14.0 Å². The number of carbonyl (C=O) groups excluding carboxylic acids is 3. The largest absolute Gasteiger partial charge is 0.344 e. The molecule has 0 fully saturated rings. The molecule has 0 aliphatic rings. The Hall–Kier alpha value is -2.90. The third-order valence-electron chi connectivity index (χ3n) is 3.83. The van der Waals surface area contributed by atoms with Crippen LogP contribution in [0.4, 0.5) is 0 Å². The molecule has 1 unspecified atom stereocenters. The topological polar surface area (TPSA) is 105 Å². The second kappa shape index (κ2) is 7.78. The summed E-state index contributed by atoms with van der Waals surface area (Å²) in [7, 11) is 1.84. The van der Waals surface area contributed by atoms with Gasteiger partial charge < -0.3 is 9.88 Å². The van der Waals surface area contributed by atoms with E-state index in [2.05, 4.69) is 21.2 Å². The third-order valence-corrected chi connectivity index (χ3v) is 3.83. The van der Waals surface area contributed by atoms with E-state index >= 15 is 0 Å². The summed E-state index contributed by atoms with van der Waals surface area (Å²) in [6, 6.07) is 6.87. The summed E-state index contributed by atoms with van der Waals surface area (Å²) in [4.78, 5) is 39.8. The minimum absolute atomic E-state index is 0.0257. The Kier molecular flexibility index (Phi) is 5.74. The van der Waals surface area contributed by atoms with Gasteiger partial charge in [-0.1, -0.05) is 26.0 Å². The molecule has 25 heavy (non-hydrogen) atoms. The normalized spacial score (nSPS) is 12.0. The lowest BCUT2D eigenvalue weighted by Crippen LogP contribution is -2.54. The molecule has 0 bridgehead atoms. The van der Waals surface area contributed by atoms with Crippen LogP contribution in [-0.2, 0) is 27.9 Å². The lowest BCUT2D eigenvalue weighted by molar-refractivity contribution is -0.132.